The van der Waals surface area contributed by atoms with Crippen LogP contribution in [0.25, 0.3) is 54.6 Å². The fraction of sp³-hybridized carbons (Fsp3) is 0.211. The Morgan fingerprint density at radius 2 is 1.14 bits per heavy atom. The van der Waals surface area contributed by atoms with Crippen LogP contribution in [0.2, 0.25) is 0 Å². The van der Waals surface area contributed by atoms with Gasteiger partial charge in [-0.15, -0.1) is 0 Å². The van der Waals surface area contributed by atoms with Crippen LogP contribution < -0.4 is 10.2 Å². The fourth-order valence-corrected chi connectivity index (χ4v) is 6.38. The summed E-state index contributed by atoms with van der Waals surface area (Å²) < 4.78 is 18.7. The number of aliphatic hydroxyl groups excluding tert-OH is 1. The summed E-state index contributed by atoms with van der Waals surface area (Å²) in [6.45, 7) is 8.27. The third kappa shape index (κ3) is 4.42. The van der Waals surface area contributed by atoms with Crippen LogP contribution >= 0.6 is 0 Å². The third-order valence-electron chi connectivity index (χ3n) is 9.40. The zero-order valence-corrected chi connectivity index (χ0v) is 25.3. The summed E-state index contributed by atoms with van der Waals surface area (Å²) in [6, 6.07) is 36.0. The van der Waals surface area contributed by atoms with Gasteiger partial charge in [0.25, 0.3) is 0 Å². The van der Waals surface area contributed by atoms with Gasteiger partial charge in [0.2, 0.25) is 0 Å². The Kier molecular flexibility index (Phi) is 6.59. The second-order valence-corrected chi connectivity index (χ2v) is 12.4. The van der Waals surface area contributed by atoms with Gasteiger partial charge in [-0.1, -0.05) is 84.9 Å². The van der Waals surface area contributed by atoms with Crippen LogP contribution in [0.15, 0.2) is 103 Å². The van der Waals surface area contributed by atoms with E-state index in [9.17, 15) is 5.11 Å². The van der Waals surface area contributed by atoms with Crippen LogP contribution in [-0.2, 0) is 15.9 Å². The highest BCUT2D eigenvalue weighted by Crippen LogP contribution is 2.44. The van der Waals surface area contributed by atoms with Crippen molar-refractivity contribution in [3.8, 4) is 28.0 Å². The number of aliphatic hydroxyl groups is 1. The predicted octanol–water partition coefficient (Wildman–Crippen LogP) is 8.28. The van der Waals surface area contributed by atoms with Crippen LogP contribution in [0.4, 0.5) is 0 Å². The van der Waals surface area contributed by atoms with Crippen LogP contribution in [0, 0.1) is 0 Å². The van der Waals surface area contributed by atoms with Crippen molar-refractivity contribution in [3.63, 3.8) is 0 Å². The molecular formula is C38H35BO4. The number of benzene rings is 6. The molecule has 6 aromatic carbocycles. The normalized spacial score (nSPS) is 15.9. The number of ether oxygens (including phenoxy) is 1. The predicted molar refractivity (Wildman–Crippen MR) is 178 cm³/mol. The molecule has 0 aliphatic carbocycles. The Balaban J connectivity index is 1.58. The van der Waals surface area contributed by atoms with E-state index >= 15 is 0 Å². The number of hydrogen-bond acceptors (Lipinski definition) is 4. The highest BCUT2D eigenvalue weighted by Gasteiger charge is 2.51. The Morgan fingerprint density at radius 1 is 0.581 bits per heavy atom. The Hall–Kier alpha value is -4.16. The van der Waals surface area contributed by atoms with E-state index in [2.05, 4.69) is 100 Å². The van der Waals surface area contributed by atoms with Gasteiger partial charge in [-0.25, -0.2) is 0 Å². The second kappa shape index (κ2) is 10.2. The SMILES string of the molecule is COc1ccccc1-c1cc2c3ccc(B4OC(C)(C)C(C)(C)O4)cc3c(-c3ccccc3CO)cc2c2ccccc12. The van der Waals surface area contributed by atoms with Crippen molar-refractivity contribution in [3.05, 3.63) is 109 Å². The zero-order chi connectivity index (χ0) is 29.9. The molecule has 0 unspecified atom stereocenters. The van der Waals surface area contributed by atoms with Crippen molar-refractivity contribution in [2.24, 2.45) is 0 Å². The van der Waals surface area contributed by atoms with Gasteiger partial charge in [0.05, 0.1) is 24.9 Å². The third-order valence-corrected chi connectivity index (χ3v) is 9.40. The first-order chi connectivity index (χ1) is 20.7. The smallest absolute Gasteiger partial charge is 0.494 e. The molecule has 0 atom stereocenters. The van der Waals surface area contributed by atoms with Crippen molar-refractivity contribution in [1.29, 1.82) is 0 Å². The van der Waals surface area contributed by atoms with Crippen LogP contribution in [-0.4, -0.2) is 30.5 Å². The number of para-hydroxylation sites is 1. The molecule has 43 heavy (non-hydrogen) atoms. The first kappa shape index (κ1) is 27.7. The maximum absolute atomic E-state index is 10.3. The number of fused-ring (bicyclic) bond motifs is 5. The van der Waals surface area contributed by atoms with Gasteiger partial charge in [-0.2, -0.15) is 0 Å². The van der Waals surface area contributed by atoms with Crippen molar-refractivity contribution in [2.75, 3.05) is 7.11 Å². The average Bonchev–Trinajstić information content (AvgIpc) is 3.25. The quantitative estimate of drug-likeness (QED) is 0.169. The van der Waals surface area contributed by atoms with Gasteiger partial charge in [0, 0.05) is 5.56 Å². The Bertz CT molecular complexity index is 2010. The van der Waals surface area contributed by atoms with Gasteiger partial charge in [0.15, 0.2) is 0 Å². The molecule has 1 fully saturated rings. The molecule has 1 aliphatic rings. The second-order valence-electron chi connectivity index (χ2n) is 12.4. The fourth-order valence-electron chi connectivity index (χ4n) is 6.38. The molecule has 1 heterocycles. The summed E-state index contributed by atoms with van der Waals surface area (Å²) in [4.78, 5) is 0. The van der Waals surface area contributed by atoms with Gasteiger partial charge in [-0.3, -0.25) is 0 Å². The molecule has 0 saturated carbocycles. The minimum Gasteiger partial charge on any atom is -0.496 e. The van der Waals surface area contributed by atoms with Gasteiger partial charge in [-0.05, 0) is 106 Å². The lowest BCUT2D eigenvalue weighted by atomic mass is 9.76. The van der Waals surface area contributed by atoms with Gasteiger partial charge >= 0.3 is 7.12 Å². The highest BCUT2D eigenvalue weighted by molar-refractivity contribution is 6.62. The standard InChI is InChI=1S/C38H35BO4/c1-37(2)38(3,4)43-39(42-37)25-18-19-29-31(20-25)32(26-13-7-6-12-24(26)23-40)21-34-28-15-9-8-14-27(28)33(22-35(29)34)30-16-10-11-17-36(30)41-5/h6-22,40H,23H2,1-5H3. The topological polar surface area (TPSA) is 47.9 Å². The Morgan fingerprint density at radius 3 is 1.81 bits per heavy atom. The number of rotatable bonds is 5. The monoisotopic (exact) mass is 566 g/mol. The maximum Gasteiger partial charge on any atom is 0.494 e. The van der Waals surface area contributed by atoms with E-state index in [0.717, 1.165) is 66.0 Å². The molecule has 5 heteroatoms. The van der Waals surface area contributed by atoms with E-state index in [1.807, 2.05) is 30.3 Å². The molecule has 0 amide bonds. The zero-order valence-electron chi connectivity index (χ0n) is 25.3. The number of hydrogen-bond donors (Lipinski definition) is 1. The average molecular weight is 567 g/mol. The first-order valence-electron chi connectivity index (χ1n) is 14.8. The lowest BCUT2D eigenvalue weighted by Gasteiger charge is -2.32. The lowest BCUT2D eigenvalue weighted by Crippen LogP contribution is -2.41. The minimum absolute atomic E-state index is 0.0416. The van der Waals surface area contributed by atoms with E-state index in [1.165, 1.54) is 5.39 Å². The van der Waals surface area contributed by atoms with Crippen molar-refractivity contribution < 1.29 is 19.2 Å². The summed E-state index contributed by atoms with van der Waals surface area (Å²) in [7, 11) is 1.24. The largest absolute Gasteiger partial charge is 0.496 e. The molecular weight excluding hydrogens is 531 g/mol. The molecule has 0 bridgehead atoms. The van der Waals surface area contributed by atoms with E-state index in [-0.39, 0.29) is 6.61 Å². The lowest BCUT2D eigenvalue weighted by molar-refractivity contribution is 0.00578. The van der Waals surface area contributed by atoms with Crippen molar-refractivity contribution in [2.45, 2.75) is 45.5 Å². The molecule has 0 aromatic heterocycles. The molecule has 1 N–H and O–H groups in total. The van der Waals surface area contributed by atoms with Crippen LogP contribution in [0.3, 0.4) is 0 Å². The van der Waals surface area contributed by atoms with Gasteiger partial charge < -0.3 is 19.2 Å². The molecule has 1 aliphatic heterocycles. The molecule has 6 aromatic rings. The molecule has 1 saturated heterocycles. The first-order valence-corrected chi connectivity index (χ1v) is 14.8. The van der Waals surface area contributed by atoms with Crippen molar-refractivity contribution >= 4 is 44.9 Å². The summed E-state index contributed by atoms with van der Waals surface area (Å²) in [5.74, 6) is 0.841. The van der Waals surface area contributed by atoms with Crippen molar-refractivity contribution in [1.82, 2.24) is 0 Å². The minimum atomic E-state index is -0.480. The highest BCUT2D eigenvalue weighted by atomic mass is 16.7. The molecule has 7 rings (SSSR count). The summed E-state index contributed by atoms with van der Waals surface area (Å²) in [6.07, 6.45) is 0. The van der Waals surface area contributed by atoms with Gasteiger partial charge in [0.1, 0.15) is 5.75 Å². The number of methoxy groups -OCH3 is 1. The van der Waals surface area contributed by atoms with E-state index in [4.69, 9.17) is 14.0 Å². The summed E-state index contributed by atoms with van der Waals surface area (Å²) in [5, 5.41) is 17.2. The van der Waals surface area contributed by atoms with Crippen LogP contribution in [0.1, 0.15) is 33.3 Å². The molecule has 0 radical (unpaired) electrons. The molecule has 0 spiro atoms. The van der Waals surface area contributed by atoms with E-state index in [0.29, 0.717) is 0 Å². The van der Waals surface area contributed by atoms with E-state index in [1.54, 1.807) is 7.11 Å². The van der Waals surface area contributed by atoms with E-state index < -0.39 is 18.3 Å². The molecule has 4 nitrogen and oxygen atoms in total. The molecule has 214 valence electrons. The summed E-state index contributed by atoms with van der Waals surface area (Å²) >= 11 is 0. The maximum atomic E-state index is 10.3. The van der Waals surface area contributed by atoms with Crippen LogP contribution in [0.5, 0.6) is 5.75 Å². The Labute approximate surface area is 253 Å². The summed E-state index contributed by atoms with van der Waals surface area (Å²) in [5.41, 5.74) is 5.25.